The first-order chi connectivity index (χ1) is 11.6. The minimum Gasteiger partial charge on any atom is -0.493 e. The molecule has 2 heterocycles. The number of ether oxygens (including phenoxy) is 1. The van der Waals surface area contributed by atoms with Gasteiger partial charge in [-0.25, -0.2) is 9.37 Å². The number of nitrogens with zero attached hydrogens (tertiary/aromatic N) is 1. The summed E-state index contributed by atoms with van der Waals surface area (Å²) < 4.78 is 18.5. The van der Waals surface area contributed by atoms with E-state index in [1.54, 1.807) is 23.5 Å². The molecule has 0 saturated carbocycles. The lowest BCUT2D eigenvalue weighted by atomic mass is 9.96. The third-order valence-electron chi connectivity index (χ3n) is 4.36. The highest BCUT2D eigenvalue weighted by molar-refractivity contribution is 7.11. The van der Waals surface area contributed by atoms with E-state index in [-0.39, 0.29) is 18.2 Å². The van der Waals surface area contributed by atoms with E-state index in [1.807, 2.05) is 6.92 Å². The van der Waals surface area contributed by atoms with Gasteiger partial charge in [0.25, 0.3) is 0 Å². The maximum atomic E-state index is 12.9. The van der Waals surface area contributed by atoms with Gasteiger partial charge in [0.15, 0.2) is 0 Å². The van der Waals surface area contributed by atoms with Crippen LogP contribution in [0.15, 0.2) is 24.3 Å². The molecule has 0 bridgehead atoms. The Balaban J connectivity index is 0.00000225. The van der Waals surface area contributed by atoms with Crippen LogP contribution in [0.2, 0.25) is 0 Å². The molecule has 1 fully saturated rings. The number of hydrogen-bond donors (Lipinski definition) is 2. The van der Waals surface area contributed by atoms with E-state index < -0.39 is 5.60 Å². The van der Waals surface area contributed by atoms with Crippen molar-refractivity contribution in [2.24, 2.45) is 0 Å². The SMILES string of the molecule is Cc1nc(C2(O)CCCNCC2)sc1CCOc1ccc(F)cc1.Cl. The number of nitrogens with one attached hydrogen (secondary N) is 1. The summed E-state index contributed by atoms with van der Waals surface area (Å²) in [5, 5.41) is 15.1. The molecule has 2 N–H and O–H groups in total. The van der Waals surface area contributed by atoms with Crippen molar-refractivity contribution in [1.29, 1.82) is 0 Å². The molecule has 0 radical (unpaired) electrons. The number of benzene rings is 1. The molecule has 1 unspecified atom stereocenters. The van der Waals surface area contributed by atoms with Crippen LogP contribution < -0.4 is 10.1 Å². The van der Waals surface area contributed by atoms with E-state index in [2.05, 4.69) is 10.3 Å². The monoisotopic (exact) mass is 386 g/mol. The van der Waals surface area contributed by atoms with E-state index in [0.29, 0.717) is 18.8 Å². The van der Waals surface area contributed by atoms with Crippen molar-refractivity contribution < 1.29 is 14.2 Å². The lowest BCUT2D eigenvalue weighted by molar-refractivity contribution is 0.0237. The number of aromatic nitrogens is 1. The number of hydrogen-bond acceptors (Lipinski definition) is 5. The molecule has 1 aliphatic heterocycles. The van der Waals surface area contributed by atoms with Gasteiger partial charge >= 0.3 is 0 Å². The third kappa shape index (κ3) is 5.14. The van der Waals surface area contributed by atoms with Crippen molar-refractivity contribution in [3.05, 3.63) is 45.7 Å². The minimum absolute atomic E-state index is 0. The maximum absolute atomic E-state index is 12.9. The fourth-order valence-corrected chi connectivity index (χ4v) is 4.11. The van der Waals surface area contributed by atoms with Crippen LogP contribution in [0, 0.1) is 12.7 Å². The largest absolute Gasteiger partial charge is 0.493 e. The number of rotatable bonds is 5. The summed E-state index contributed by atoms with van der Waals surface area (Å²) in [5.41, 5.74) is 0.151. The molecule has 0 amide bonds. The molecule has 0 aliphatic carbocycles. The van der Waals surface area contributed by atoms with Gasteiger partial charge in [-0.3, -0.25) is 0 Å². The zero-order chi connectivity index (χ0) is 17.0. The van der Waals surface area contributed by atoms with E-state index in [4.69, 9.17) is 4.74 Å². The quantitative estimate of drug-likeness (QED) is 0.824. The summed E-state index contributed by atoms with van der Waals surface area (Å²) in [4.78, 5) is 5.76. The van der Waals surface area contributed by atoms with Crippen LogP contribution in [-0.2, 0) is 12.0 Å². The Morgan fingerprint density at radius 2 is 2.04 bits per heavy atom. The highest BCUT2D eigenvalue weighted by Crippen LogP contribution is 2.35. The van der Waals surface area contributed by atoms with Crippen LogP contribution in [-0.4, -0.2) is 29.8 Å². The molecular formula is C18H24ClFN2O2S. The fraction of sp³-hybridized carbons (Fsp3) is 0.500. The van der Waals surface area contributed by atoms with Crippen molar-refractivity contribution in [2.75, 3.05) is 19.7 Å². The van der Waals surface area contributed by atoms with Gasteiger partial charge in [0, 0.05) is 11.3 Å². The van der Waals surface area contributed by atoms with Crippen LogP contribution >= 0.6 is 23.7 Å². The number of aryl methyl sites for hydroxylation is 1. The van der Waals surface area contributed by atoms with Crippen molar-refractivity contribution >= 4 is 23.7 Å². The summed E-state index contributed by atoms with van der Waals surface area (Å²) in [6.07, 6.45) is 3.14. The third-order valence-corrected chi connectivity index (χ3v) is 5.77. The predicted molar refractivity (Wildman–Crippen MR) is 100 cm³/mol. The minimum atomic E-state index is -0.811. The number of aliphatic hydroxyl groups is 1. The maximum Gasteiger partial charge on any atom is 0.125 e. The lowest BCUT2D eigenvalue weighted by Crippen LogP contribution is -2.27. The zero-order valence-electron chi connectivity index (χ0n) is 14.3. The highest BCUT2D eigenvalue weighted by atomic mass is 35.5. The van der Waals surface area contributed by atoms with Crippen molar-refractivity contribution in [2.45, 2.75) is 38.2 Å². The van der Waals surface area contributed by atoms with Gasteiger partial charge in [-0.05, 0) is 63.5 Å². The van der Waals surface area contributed by atoms with Gasteiger partial charge < -0.3 is 15.2 Å². The second-order valence-electron chi connectivity index (χ2n) is 6.22. The molecule has 25 heavy (non-hydrogen) atoms. The predicted octanol–water partition coefficient (Wildman–Crippen LogP) is 3.60. The number of thiazole rings is 1. The molecule has 4 nitrogen and oxygen atoms in total. The molecule has 138 valence electrons. The van der Waals surface area contributed by atoms with Gasteiger partial charge in [0.2, 0.25) is 0 Å². The van der Waals surface area contributed by atoms with Crippen LogP contribution in [0.25, 0.3) is 0 Å². The molecular weight excluding hydrogens is 363 g/mol. The fourth-order valence-electron chi connectivity index (χ4n) is 2.92. The van der Waals surface area contributed by atoms with Gasteiger partial charge in [-0.2, -0.15) is 0 Å². The summed E-state index contributed by atoms with van der Waals surface area (Å²) in [6, 6.07) is 6.03. The first-order valence-corrected chi connectivity index (χ1v) is 9.17. The molecule has 3 rings (SSSR count). The highest BCUT2D eigenvalue weighted by Gasteiger charge is 2.33. The van der Waals surface area contributed by atoms with Crippen LogP contribution in [0.5, 0.6) is 5.75 Å². The van der Waals surface area contributed by atoms with Gasteiger partial charge in [-0.15, -0.1) is 23.7 Å². The smallest absolute Gasteiger partial charge is 0.125 e. The summed E-state index contributed by atoms with van der Waals surface area (Å²) in [5.74, 6) is 0.392. The van der Waals surface area contributed by atoms with Crippen LogP contribution in [0.3, 0.4) is 0 Å². The summed E-state index contributed by atoms with van der Waals surface area (Å²) in [6.45, 7) is 4.25. The Morgan fingerprint density at radius 3 is 2.80 bits per heavy atom. The first-order valence-electron chi connectivity index (χ1n) is 8.35. The topological polar surface area (TPSA) is 54.4 Å². The Labute approximate surface area is 157 Å². The second-order valence-corrected chi connectivity index (χ2v) is 7.30. The lowest BCUT2D eigenvalue weighted by Gasteiger charge is -2.23. The Bertz CT molecular complexity index is 670. The summed E-state index contributed by atoms with van der Waals surface area (Å²) in [7, 11) is 0. The van der Waals surface area contributed by atoms with Gasteiger partial charge in [0.1, 0.15) is 22.2 Å². The average Bonchev–Trinajstić information content (AvgIpc) is 2.79. The number of halogens is 2. The second kappa shape index (κ2) is 8.94. The Kier molecular flexibility index (Phi) is 7.19. The standard InChI is InChI=1S/C18H23FN2O2S.ClH/c1-13-16(7-12-23-15-5-3-14(19)4-6-15)24-17(21-13)18(22)8-2-10-20-11-9-18;/h3-6,20,22H,2,7-12H2,1H3;1H. The van der Waals surface area contributed by atoms with E-state index in [0.717, 1.165) is 47.9 Å². The Hall–Kier alpha value is -1.21. The molecule has 1 atom stereocenters. The van der Waals surface area contributed by atoms with Crippen LogP contribution in [0.1, 0.15) is 34.8 Å². The molecule has 1 aromatic carbocycles. The van der Waals surface area contributed by atoms with Crippen molar-refractivity contribution in [3.8, 4) is 5.75 Å². The van der Waals surface area contributed by atoms with E-state index in [9.17, 15) is 9.50 Å². The Morgan fingerprint density at radius 1 is 1.28 bits per heavy atom. The zero-order valence-corrected chi connectivity index (χ0v) is 15.9. The van der Waals surface area contributed by atoms with Crippen molar-refractivity contribution in [3.63, 3.8) is 0 Å². The van der Waals surface area contributed by atoms with Crippen molar-refractivity contribution in [1.82, 2.24) is 10.3 Å². The molecule has 2 aromatic rings. The van der Waals surface area contributed by atoms with E-state index in [1.165, 1.54) is 12.1 Å². The van der Waals surface area contributed by atoms with Gasteiger partial charge in [-0.1, -0.05) is 0 Å². The van der Waals surface area contributed by atoms with Crippen LogP contribution in [0.4, 0.5) is 4.39 Å². The molecule has 1 aliphatic rings. The molecule has 0 spiro atoms. The average molecular weight is 387 g/mol. The molecule has 1 aromatic heterocycles. The van der Waals surface area contributed by atoms with Gasteiger partial charge in [0.05, 0.1) is 12.3 Å². The van der Waals surface area contributed by atoms with E-state index >= 15 is 0 Å². The normalized spacial score (nSPS) is 20.6. The first kappa shape index (κ1) is 20.1. The molecule has 1 saturated heterocycles. The molecule has 7 heteroatoms. The summed E-state index contributed by atoms with van der Waals surface area (Å²) >= 11 is 1.58.